The van der Waals surface area contributed by atoms with Crippen molar-refractivity contribution >= 4 is 17.6 Å². The van der Waals surface area contributed by atoms with Gasteiger partial charge in [0, 0.05) is 32.6 Å². The molecule has 7 nitrogen and oxygen atoms in total. The molecule has 144 valence electrons. The van der Waals surface area contributed by atoms with E-state index in [2.05, 4.69) is 0 Å². The number of halogens is 3. The summed E-state index contributed by atoms with van der Waals surface area (Å²) < 4.78 is 45.0. The molecule has 1 N–H and O–H groups in total. The molecule has 0 saturated carbocycles. The Morgan fingerprint density at radius 2 is 1.93 bits per heavy atom. The highest BCUT2D eigenvalue weighted by Gasteiger charge is 2.58. The third-order valence-corrected chi connectivity index (χ3v) is 4.87. The van der Waals surface area contributed by atoms with Crippen LogP contribution in [-0.2, 0) is 15.7 Å². The highest BCUT2D eigenvalue weighted by Crippen LogP contribution is 2.41. The number of rotatable bonds is 3. The molecular formula is C17H16F3N3O4. The molecular weight excluding hydrogens is 367 g/mol. The first-order chi connectivity index (χ1) is 12.8. The Hall–Kier alpha value is -2.64. The molecule has 3 rings (SSSR count). The molecule has 10 heteroatoms. The molecule has 0 atom stereocenters. The number of aliphatic hydroxyl groups excluding tert-OH is 1. The number of anilines is 1. The van der Waals surface area contributed by atoms with Crippen LogP contribution < -0.4 is 4.90 Å². The van der Waals surface area contributed by atoms with Gasteiger partial charge >= 0.3 is 12.2 Å². The van der Waals surface area contributed by atoms with Gasteiger partial charge in [0.05, 0.1) is 29.5 Å². The smallest absolute Gasteiger partial charge is 0.395 e. The third kappa shape index (κ3) is 3.02. The lowest BCUT2D eigenvalue weighted by molar-refractivity contribution is -0.137. The highest BCUT2D eigenvalue weighted by molar-refractivity contribution is 6.23. The molecule has 1 spiro atoms. The number of hydrogen-bond donors (Lipinski definition) is 1. The fourth-order valence-electron chi connectivity index (χ4n) is 3.55. The van der Waals surface area contributed by atoms with Crippen LogP contribution in [0.25, 0.3) is 0 Å². The van der Waals surface area contributed by atoms with Gasteiger partial charge in [0.2, 0.25) is 0 Å². The van der Waals surface area contributed by atoms with E-state index in [4.69, 9.17) is 10.00 Å². The predicted molar refractivity (Wildman–Crippen MR) is 85.6 cm³/mol. The summed E-state index contributed by atoms with van der Waals surface area (Å²) >= 11 is 0. The number of ether oxygens (including phenoxy) is 1. The van der Waals surface area contributed by atoms with Crippen molar-refractivity contribution in [3.8, 4) is 6.07 Å². The number of aliphatic hydroxyl groups is 1. The molecule has 2 aliphatic rings. The van der Waals surface area contributed by atoms with Crippen LogP contribution in [0.2, 0.25) is 0 Å². The van der Waals surface area contributed by atoms with Gasteiger partial charge in [-0.15, -0.1) is 0 Å². The zero-order chi connectivity index (χ0) is 19.8. The molecule has 0 aromatic heterocycles. The summed E-state index contributed by atoms with van der Waals surface area (Å²) in [4.78, 5) is 27.8. The van der Waals surface area contributed by atoms with E-state index >= 15 is 0 Å². The van der Waals surface area contributed by atoms with Crippen molar-refractivity contribution in [2.24, 2.45) is 0 Å². The lowest BCUT2D eigenvalue weighted by atomic mass is 9.88. The summed E-state index contributed by atoms with van der Waals surface area (Å²) in [7, 11) is 0. The molecule has 2 heterocycles. The number of benzene rings is 1. The number of amides is 3. The van der Waals surface area contributed by atoms with Gasteiger partial charge in [0.1, 0.15) is 5.54 Å². The van der Waals surface area contributed by atoms with E-state index in [-0.39, 0.29) is 38.3 Å². The highest BCUT2D eigenvalue weighted by atomic mass is 19.4. The molecule has 3 amide bonds. The molecule has 0 unspecified atom stereocenters. The summed E-state index contributed by atoms with van der Waals surface area (Å²) in [6.07, 6.45) is -4.43. The van der Waals surface area contributed by atoms with Crippen molar-refractivity contribution in [1.82, 2.24) is 4.90 Å². The van der Waals surface area contributed by atoms with E-state index in [1.54, 1.807) is 0 Å². The average Bonchev–Trinajstić information content (AvgIpc) is 2.83. The molecule has 0 bridgehead atoms. The van der Waals surface area contributed by atoms with Gasteiger partial charge in [-0.2, -0.15) is 18.4 Å². The quantitative estimate of drug-likeness (QED) is 0.805. The first kappa shape index (κ1) is 19.1. The Balaban J connectivity index is 2.08. The number of imide groups is 1. The van der Waals surface area contributed by atoms with E-state index in [1.165, 1.54) is 11.0 Å². The number of nitriles is 1. The molecule has 1 aromatic carbocycles. The Labute approximate surface area is 152 Å². The fourth-order valence-corrected chi connectivity index (χ4v) is 3.55. The standard InChI is InChI=1S/C17H16F3N3O4/c18-17(19,20)13-9-12(2-1-11(13)10-21)23-14(25)16(3-7-27-8-4-16)22(5-6-24)15(23)26/h1-2,9,24H,3-8H2. The number of carbonyl (C=O) groups excluding carboxylic acids is 2. The number of urea groups is 1. The van der Waals surface area contributed by atoms with Crippen LogP contribution in [0.4, 0.5) is 23.7 Å². The van der Waals surface area contributed by atoms with Crippen LogP contribution in [0.3, 0.4) is 0 Å². The summed E-state index contributed by atoms with van der Waals surface area (Å²) in [6.45, 7) is -0.0773. The molecule has 1 aromatic rings. The monoisotopic (exact) mass is 383 g/mol. The van der Waals surface area contributed by atoms with E-state index in [9.17, 15) is 27.9 Å². The molecule has 0 aliphatic carbocycles. The summed E-state index contributed by atoms with van der Waals surface area (Å²) in [5.41, 5.74) is -3.32. The second-order valence-electron chi connectivity index (χ2n) is 6.28. The third-order valence-electron chi connectivity index (χ3n) is 4.87. The number of nitrogens with zero attached hydrogens (tertiary/aromatic N) is 3. The van der Waals surface area contributed by atoms with Crippen molar-refractivity contribution in [2.45, 2.75) is 24.6 Å². The fraction of sp³-hybridized carbons (Fsp3) is 0.471. The Morgan fingerprint density at radius 3 is 2.48 bits per heavy atom. The van der Waals surface area contributed by atoms with Crippen LogP contribution in [0.5, 0.6) is 0 Å². The topological polar surface area (TPSA) is 93.9 Å². The van der Waals surface area contributed by atoms with Crippen molar-refractivity contribution in [3.05, 3.63) is 29.3 Å². The zero-order valence-electron chi connectivity index (χ0n) is 14.1. The molecule has 2 saturated heterocycles. The average molecular weight is 383 g/mol. The first-order valence-electron chi connectivity index (χ1n) is 8.22. The Morgan fingerprint density at radius 1 is 1.26 bits per heavy atom. The maximum Gasteiger partial charge on any atom is 0.417 e. The summed E-state index contributed by atoms with van der Waals surface area (Å²) in [5, 5.41) is 18.2. The molecule has 27 heavy (non-hydrogen) atoms. The normalized spacial score (nSPS) is 19.7. The minimum Gasteiger partial charge on any atom is -0.395 e. The van der Waals surface area contributed by atoms with Gasteiger partial charge in [-0.1, -0.05) is 0 Å². The maximum absolute atomic E-state index is 13.2. The maximum atomic E-state index is 13.2. The predicted octanol–water partition coefficient (Wildman–Crippen LogP) is 1.89. The zero-order valence-corrected chi connectivity index (χ0v) is 14.1. The van der Waals surface area contributed by atoms with Crippen LogP contribution in [0, 0.1) is 11.3 Å². The molecule has 2 aliphatic heterocycles. The van der Waals surface area contributed by atoms with Crippen molar-refractivity contribution in [1.29, 1.82) is 5.26 Å². The SMILES string of the molecule is N#Cc1ccc(N2C(=O)N(CCO)C3(CCOCC3)C2=O)cc1C(F)(F)F. The number of β-amino-alcohol motifs (C(OH)–C–C–N with tert-alkyl or cyclic N) is 1. The lowest BCUT2D eigenvalue weighted by Crippen LogP contribution is -2.54. The van der Waals surface area contributed by atoms with Gasteiger partial charge in [0.15, 0.2) is 0 Å². The number of carbonyl (C=O) groups is 2. The van der Waals surface area contributed by atoms with Gasteiger partial charge in [-0.3, -0.25) is 4.79 Å². The van der Waals surface area contributed by atoms with E-state index in [1.807, 2.05) is 0 Å². The second-order valence-corrected chi connectivity index (χ2v) is 6.28. The Kier molecular flexibility index (Phi) is 4.84. The molecule has 2 fully saturated rings. The summed E-state index contributed by atoms with van der Waals surface area (Å²) in [5.74, 6) is -0.651. The first-order valence-corrected chi connectivity index (χ1v) is 8.22. The van der Waals surface area contributed by atoms with Gasteiger partial charge in [-0.25, -0.2) is 9.69 Å². The Bertz CT molecular complexity index is 813. The second kappa shape index (κ2) is 6.83. The van der Waals surface area contributed by atoms with Crippen molar-refractivity contribution < 1.29 is 32.6 Å². The van der Waals surface area contributed by atoms with Crippen molar-refractivity contribution in [2.75, 3.05) is 31.3 Å². The number of hydrogen-bond acceptors (Lipinski definition) is 5. The number of alkyl halides is 3. The van der Waals surface area contributed by atoms with Gasteiger partial charge < -0.3 is 14.7 Å². The van der Waals surface area contributed by atoms with Crippen LogP contribution in [0.15, 0.2) is 18.2 Å². The van der Waals surface area contributed by atoms with Gasteiger partial charge in [0.25, 0.3) is 5.91 Å². The molecule has 0 radical (unpaired) electrons. The minimum absolute atomic E-state index is 0.122. The van der Waals surface area contributed by atoms with E-state index in [0.717, 1.165) is 12.1 Å². The van der Waals surface area contributed by atoms with Crippen molar-refractivity contribution in [3.63, 3.8) is 0 Å². The van der Waals surface area contributed by atoms with Crippen LogP contribution in [-0.4, -0.2) is 53.8 Å². The minimum atomic E-state index is -4.81. The van der Waals surface area contributed by atoms with Crippen LogP contribution >= 0.6 is 0 Å². The largest absolute Gasteiger partial charge is 0.417 e. The van der Waals surface area contributed by atoms with Gasteiger partial charge in [-0.05, 0) is 18.2 Å². The lowest BCUT2D eigenvalue weighted by Gasteiger charge is -2.37. The summed E-state index contributed by atoms with van der Waals surface area (Å²) in [6, 6.07) is 3.36. The van der Waals surface area contributed by atoms with E-state index in [0.29, 0.717) is 11.0 Å². The van der Waals surface area contributed by atoms with E-state index < -0.39 is 41.4 Å². The van der Waals surface area contributed by atoms with Crippen LogP contribution in [0.1, 0.15) is 24.0 Å².